The van der Waals surface area contributed by atoms with Crippen LogP contribution in [0.5, 0.6) is 0 Å². The molecule has 1 atom stereocenters. The van der Waals surface area contributed by atoms with Gasteiger partial charge in [-0.1, -0.05) is 119 Å². The summed E-state index contributed by atoms with van der Waals surface area (Å²) in [5.74, 6) is 3.97. The topological polar surface area (TPSA) is 90.8 Å². The van der Waals surface area contributed by atoms with Gasteiger partial charge in [0.15, 0.2) is 0 Å². The van der Waals surface area contributed by atoms with Crippen LogP contribution in [0.3, 0.4) is 0 Å². The van der Waals surface area contributed by atoms with Crippen LogP contribution in [0.1, 0.15) is 109 Å². The second-order valence-corrected chi connectivity index (χ2v) is 18.4. The second-order valence-electron chi connectivity index (χ2n) is 9.14. The zero-order valence-corrected chi connectivity index (χ0v) is 33.4. The fraction of sp³-hybridized carbons (Fsp3) is 0.828. The van der Waals surface area contributed by atoms with Crippen molar-refractivity contribution in [2.24, 2.45) is 5.10 Å². The Bertz CT molecular complexity index is 629. The Labute approximate surface area is 278 Å². The number of aliphatic carboxylic acids is 1. The van der Waals surface area contributed by atoms with Crippen molar-refractivity contribution in [1.29, 1.82) is 0 Å². The quantitative estimate of drug-likeness (QED) is 0.0477. The molecule has 1 amide bonds. The molecule has 0 spiro atoms. The number of carbonyl (C=O) groups is 2. The lowest BCUT2D eigenvalue weighted by molar-refractivity contribution is -0.131. The maximum Gasteiger partial charge on any atom is 0.328 e. The number of hydrogen-bond donors (Lipinski definition) is 3. The van der Waals surface area contributed by atoms with E-state index in [0.29, 0.717) is 11.3 Å². The Balaban J connectivity index is -0.000000132. The number of likely N-dealkylation sites (N-methyl/N-ethyl adjacent to an activating group) is 1. The van der Waals surface area contributed by atoms with Crippen LogP contribution in [-0.2, 0) is 9.59 Å². The number of amides is 1. The fourth-order valence-corrected chi connectivity index (χ4v) is 7.53. The Morgan fingerprint density at radius 1 is 0.902 bits per heavy atom. The van der Waals surface area contributed by atoms with Gasteiger partial charge in [-0.3, -0.25) is 4.79 Å². The van der Waals surface area contributed by atoms with E-state index in [2.05, 4.69) is 78.2 Å². The standard InChI is InChI=1S/C7H16S2.C6H11NO2.C6H14S2.C5H10N2O.C5H12S2/c1-5-7(3,4)9-8-6-2;1-5(4-7-2)3-6(8)9;1-4-6(3)8-7-5-2;1-4(2)6-7-5(3)8;1-3-5-7-6-4-2/h5-6H2,1-4H3;3,7H,4H2,1-2H3,(H,8,9);6H,4-5H2,1-3H3;1-3H3,(H,7,8);3-5H2,1-2H3. The predicted molar refractivity (Wildman–Crippen MR) is 204 cm³/mol. The van der Waals surface area contributed by atoms with Crippen LogP contribution in [0, 0.1) is 0 Å². The SMILES string of the molecule is CC(=O)NN=C(C)C.CCCSSCC.CCSSC(C)(C)CC.CCSSC(C)CC.CNCC(C)=CC(=O)O. The highest BCUT2D eigenvalue weighted by atomic mass is 33.1. The molecule has 0 bridgehead atoms. The molecule has 0 saturated carbocycles. The summed E-state index contributed by atoms with van der Waals surface area (Å²) in [7, 11) is 13.6. The summed E-state index contributed by atoms with van der Waals surface area (Å²) in [6.45, 7) is 27.6. The molecule has 6 nitrogen and oxygen atoms in total. The summed E-state index contributed by atoms with van der Waals surface area (Å²) in [5, 5.41) is 15.5. The summed E-state index contributed by atoms with van der Waals surface area (Å²) >= 11 is 0. The average molecular weight is 694 g/mol. The van der Waals surface area contributed by atoms with Gasteiger partial charge < -0.3 is 10.4 Å². The average Bonchev–Trinajstić information content (AvgIpc) is 2.91. The van der Waals surface area contributed by atoms with E-state index in [0.717, 1.165) is 16.5 Å². The van der Waals surface area contributed by atoms with E-state index >= 15 is 0 Å². The summed E-state index contributed by atoms with van der Waals surface area (Å²) < 4.78 is 0.473. The van der Waals surface area contributed by atoms with Gasteiger partial charge in [0.05, 0.1) is 0 Å². The molecular weight excluding hydrogens is 631 g/mol. The van der Waals surface area contributed by atoms with Gasteiger partial charge in [-0.05, 0) is 60.9 Å². The Morgan fingerprint density at radius 3 is 1.76 bits per heavy atom. The zero-order chi connectivity index (χ0) is 33.1. The predicted octanol–water partition coefficient (Wildman–Crippen LogP) is 10.3. The number of nitrogens with one attached hydrogen (secondary N) is 2. The van der Waals surface area contributed by atoms with E-state index in [-0.39, 0.29) is 5.91 Å². The van der Waals surface area contributed by atoms with Crippen LogP contribution in [-0.4, -0.2) is 69.3 Å². The molecule has 0 aromatic rings. The first kappa shape index (κ1) is 51.0. The van der Waals surface area contributed by atoms with E-state index in [1.54, 1.807) is 14.0 Å². The molecule has 0 aliphatic rings. The third-order valence-electron chi connectivity index (χ3n) is 3.93. The van der Waals surface area contributed by atoms with Crippen LogP contribution in [0.25, 0.3) is 0 Å². The first-order valence-electron chi connectivity index (χ1n) is 14.3. The monoisotopic (exact) mass is 693 g/mol. The molecule has 0 saturated heterocycles. The van der Waals surface area contributed by atoms with Crippen molar-refractivity contribution < 1.29 is 14.7 Å². The van der Waals surface area contributed by atoms with Gasteiger partial charge in [0.2, 0.25) is 5.91 Å². The largest absolute Gasteiger partial charge is 0.478 e. The van der Waals surface area contributed by atoms with E-state index < -0.39 is 5.97 Å². The molecule has 0 fully saturated rings. The first-order valence-corrected chi connectivity index (χ1v) is 21.5. The van der Waals surface area contributed by atoms with Gasteiger partial charge in [0.25, 0.3) is 0 Å². The van der Waals surface area contributed by atoms with Crippen molar-refractivity contribution in [2.75, 3.05) is 36.6 Å². The van der Waals surface area contributed by atoms with Gasteiger partial charge >= 0.3 is 5.97 Å². The van der Waals surface area contributed by atoms with E-state index in [9.17, 15) is 9.59 Å². The normalized spacial score (nSPS) is 11.0. The van der Waals surface area contributed by atoms with Gasteiger partial charge in [-0.25, -0.2) is 10.2 Å². The van der Waals surface area contributed by atoms with Crippen molar-refractivity contribution in [3.05, 3.63) is 11.6 Å². The highest BCUT2D eigenvalue weighted by Gasteiger charge is 2.14. The summed E-state index contributed by atoms with van der Waals surface area (Å²) in [5.41, 5.74) is 3.97. The zero-order valence-electron chi connectivity index (χ0n) is 28.5. The first-order chi connectivity index (χ1) is 19.1. The maximum atomic E-state index is 10.1. The third kappa shape index (κ3) is 64.5. The second kappa shape index (κ2) is 40.4. The minimum absolute atomic E-state index is 0.133. The minimum atomic E-state index is -0.886. The van der Waals surface area contributed by atoms with Crippen molar-refractivity contribution in [2.45, 2.75) is 119 Å². The number of carboxylic acids is 1. The van der Waals surface area contributed by atoms with Crippen LogP contribution < -0.4 is 10.7 Å². The lowest BCUT2D eigenvalue weighted by atomic mass is 10.1. The Morgan fingerprint density at radius 2 is 1.44 bits per heavy atom. The van der Waals surface area contributed by atoms with E-state index in [1.807, 2.05) is 78.6 Å². The Kier molecular flexibility index (Phi) is 50.3. The fourth-order valence-electron chi connectivity index (χ4n) is 1.49. The number of carboxylic acid groups (broad SMARTS) is 1. The van der Waals surface area contributed by atoms with Gasteiger partial charge in [0, 0.05) is 58.3 Å². The number of hydrazone groups is 1. The molecule has 1 unspecified atom stereocenters. The Hall–Kier alpha value is 0.410. The number of nitrogens with zero attached hydrogens (tertiary/aromatic N) is 1. The number of hydrogen-bond acceptors (Lipinski definition) is 10. The molecule has 3 N–H and O–H groups in total. The van der Waals surface area contributed by atoms with Crippen LogP contribution in [0.2, 0.25) is 0 Å². The molecule has 0 aliphatic heterocycles. The molecule has 0 radical (unpaired) electrons. The van der Waals surface area contributed by atoms with Gasteiger partial charge in [-0.2, -0.15) is 5.10 Å². The van der Waals surface area contributed by atoms with Crippen molar-refractivity contribution in [1.82, 2.24) is 10.7 Å². The van der Waals surface area contributed by atoms with Crippen molar-refractivity contribution >= 4 is 82.4 Å². The highest BCUT2D eigenvalue weighted by molar-refractivity contribution is 8.77. The number of rotatable bonds is 16. The highest BCUT2D eigenvalue weighted by Crippen LogP contribution is 2.37. The van der Waals surface area contributed by atoms with E-state index in [4.69, 9.17) is 5.11 Å². The maximum absolute atomic E-state index is 10.1. The number of carbonyl (C=O) groups excluding carboxylic acids is 1. The van der Waals surface area contributed by atoms with E-state index in [1.165, 1.54) is 55.3 Å². The lowest BCUT2D eigenvalue weighted by Crippen LogP contribution is -2.13. The lowest BCUT2D eigenvalue weighted by Gasteiger charge is -2.19. The molecule has 0 heterocycles. The van der Waals surface area contributed by atoms with Crippen LogP contribution >= 0.6 is 64.8 Å². The smallest absolute Gasteiger partial charge is 0.328 e. The molecular formula is C29H63N3O3S6. The molecule has 41 heavy (non-hydrogen) atoms. The molecule has 0 aromatic carbocycles. The summed E-state index contributed by atoms with van der Waals surface area (Å²) in [6.07, 6.45) is 5.04. The van der Waals surface area contributed by atoms with Crippen LogP contribution in [0.15, 0.2) is 16.8 Å². The third-order valence-corrected chi connectivity index (χ3v) is 13.3. The van der Waals surface area contributed by atoms with Gasteiger partial charge in [0.1, 0.15) is 0 Å². The molecule has 12 heteroatoms. The van der Waals surface area contributed by atoms with Gasteiger partial charge in [-0.15, -0.1) is 0 Å². The van der Waals surface area contributed by atoms with Crippen LogP contribution in [0.4, 0.5) is 0 Å². The molecule has 248 valence electrons. The summed E-state index contributed by atoms with van der Waals surface area (Å²) in [4.78, 5) is 20.1. The van der Waals surface area contributed by atoms with Crippen molar-refractivity contribution in [3.8, 4) is 0 Å². The van der Waals surface area contributed by atoms with Crippen molar-refractivity contribution in [3.63, 3.8) is 0 Å². The minimum Gasteiger partial charge on any atom is -0.478 e. The molecule has 0 aliphatic carbocycles. The summed E-state index contributed by atoms with van der Waals surface area (Å²) in [6, 6.07) is 0. The molecule has 0 rings (SSSR count). The molecule has 0 aromatic heterocycles.